The van der Waals surface area contributed by atoms with Gasteiger partial charge in [-0.3, -0.25) is 10.1 Å². The Morgan fingerprint density at radius 2 is 2.10 bits per heavy atom. The third kappa shape index (κ3) is 3.58. The van der Waals surface area contributed by atoms with Gasteiger partial charge in [0.25, 0.3) is 5.91 Å². The van der Waals surface area contributed by atoms with Crippen molar-refractivity contribution < 1.29 is 9.53 Å². The fourth-order valence-electron chi connectivity index (χ4n) is 1.87. The molecule has 0 atom stereocenters. The van der Waals surface area contributed by atoms with Crippen LogP contribution in [-0.2, 0) is 0 Å². The summed E-state index contributed by atoms with van der Waals surface area (Å²) in [4.78, 5) is 12.1. The third-order valence-electron chi connectivity index (χ3n) is 3.18. The lowest BCUT2D eigenvalue weighted by Gasteiger charge is -2.05. The molecule has 110 valence electrons. The van der Waals surface area contributed by atoms with Crippen LogP contribution in [0.2, 0.25) is 0 Å². The van der Waals surface area contributed by atoms with Crippen molar-refractivity contribution in [3.8, 4) is 5.75 Å². The Morgan fingerprint density at radius 1 is 1.33 bits per heavy atom. The predicted molar refractivity (Wildman–Crippen MR) is 82.1 cm³/mol. The molecule has 0 radical (unpaired) electrons. The van der Waals surface area contributed by atoms with Crippen LogP contribution >= 0.6 is 11.3 Å². The SMILES string of the molecule is CCCOc1ccc(C(=O)Nc2nnc(C3CC3)s2)cc1. The minimum Gasteiger partial charge on any atom is -0.494 e. The van der Waals surface area contributed by atoms with E-state index in [9.17, 15) is 4.79 Å². The first kappa shape index (κ1) is 14.0. The minimum atomic E-state index is -0.171. The molecule has 0 bridgehead atoms. The van der Waals surface area contributed by atoms with Crippen molar-refractivity contribution in [3.05, 3.63) is 34.8 Å². The van der Waals surface area contributed by atoms with Gasteiger partial charge in [0.2, 0.25) is 5.13 Å². The Hall–Kier alpha value is -1.95. The minimum absolute atomic E-state index is 0.171. The van der Waals surface area contributed by atoms with Gasteiger partial charge in [-0.1, -0.05) is 18.3 Å². The number of amides is 1. The van der Waals surface area contributed by atoms with Crippen LogP contribution in [-0.4, -0.2) is 22.7 Å². The van der Waals surface area contributed by atoms with Crippen LogP contribution in [0.1, 0.15) is 47.5 Å². The van der Waals surface area contributed by atoms with Crippen LogP contribution < -0.4 is 10.1 Å². The topological polar surface area (TPSA) is 64.1 Å². The number of benzene rings is 1. The number of nitrogens with one attached hydrogen (secondary N) is 1. The highest BCUT2D eigenvalue weighted by Crippen LogP contribution is 2.42. The number of aromatic nitrogens is 2. The van der Waals surface area contributed by atoms with E-state index in [0.29, 0.717) is 23.2 Å². The molecule has 21 heavy (non-hydrogen) atoms. The number of ether oxygens (including phenoxy) is 1. The summed E-state index contributed by atoms with van der Waals surface area (Å²) in [6, 6.07) is 7.12. The molecule has 1 aliphatic carbocycles. The molecule has 6 heteroatoms. The predicted octanol–water partition coefficient (Wildman–Crippen LogP) is 3.46. The lowest BCUT2D eigenvalue weighted by atomic mass is 10.2. The van der Waals surface area contributed by atoms with Gasteiger partial charge in [0.15, 0.2) is 0 Å². The zero-order valence-electron chi connectivity index (χ0n) is 11.8. The second-order valence-electron chi connectivity index (χ2n) is 5.05. The largest absolute Gasteiger partial charge is 0.494 e. The number of hydrogen-bond donors (Lipinski definition) is 1. The average Bonchev–Trinajstić information content (AvgIpc) is 3.26. The summed E-state index contributed by atoms with van der Waals surface area (Å²) in [7, 11) is 0. The highest BCUT2D eigenvalue weighted by molar-refractivity contribution is 7.15. The number of hydrogen-bond acceptors (Lipinski definition) is 5. The highest BCUT2D eigenvalue weighted by atomic mass is 32.1. The van der Waals surface area contributed by atoms with Crippen LogP contribution in [0, 0.1) is 0 Å². The fourth-order valence-corrected chi connectivity index (χ4v) is 2.78. The van der Waals surface area contributed by atoms with Gasteiger partial charge in [-0.05, 0) is 43.5 Å². The molecule has 3 rings (SSSR count). The van der Waals surface area contributed by atoms with E-state index in [0.717, 1.165) is 17.2 Å². The van der Waals surface area contributed by atoms with Crippen LogP contribution in [0.5, 0.6) is 5.75 Å². The standard InChI is InChI=1S/C15H17N3O2S/c1-2-9-20-12-7-5-10(6-8-12)13(19)16-15-18-17-14(21-15)11-3-4-11/h5-8,11H,2-4,9H2,1H3,(H,16,18,19). The van der Waals surface area contributed by atoms with E-state index in [1.165, 1.54) is 24.2 Å². The first-order valence-electron chi connectivity index (χ1n) is 7.14. The normalized spacial score (nSPS) is 14.0. The molecule has 1 aromatic heterocycles. The lowest BCUT2D eigenvalue weighted by molar-refractivity contribution is 0.102. The van der Waals surface area contributed by atoms with Gasteiger partial charge in [-0.25, -0.2) is 0 Å². The van der Waals surface area contributed by atoms with E-state index < -0.39 is 0 Å². The maximum atomic E-state index is 12.1. The van der Waals surface area contributed by atoms with Gasteiger partial charge in [0, 0.05) is 11.5 Å². The van der Waals surface area contributed by atoms with Crippen LogP contribution in [0.15, 0.2) is 24.3 Å². The van der Waals surface area contributed by atoms with E-state index in [4.69, 9.17) is 4.74 Å². The Balaban J connectivity index is 1.61. The third-order valence-corrected chi connectivity index (χ3v) is 4.18. The van der Waals surface area contributed by atoms with Crippen molar-refractivity contribution >= 4 is 22.4 Å². The summed E-state index contributed by atoms with van der Waals surface area (Å²) < 4.78 is 5.49. The molecule has 1 aromatic carbocycles. The highest BCUT2D eigenvalue weighted by Gasteiger charge is 2.27. The molecular formula is C15H17N3O2S. The van der Waals surface area contributed by atoms with Crippen molar-refractivity contribution in [2.75, 3.05) is 11.9 Å². The van der Waals surface area contributed by atoms with Crippen LogP contribution in [0.4, 0.5) is 5.13 Å². The molecule has 0 unspecified atom stereocenters. The van der Waals surface area contributed by atoms with E-state index in [1.54, 1.807) is 24.3 Å². The smallest absolute Gasteiger partial charge is 0.257 e. The number of carbonyl (C=O) groups is 1. The number of carbonyl (C=O) groups excluding carboxylic acids is 1. The molecule has 1 heterocycles. The van der Waals surface area contributed by atoms with Crippen molar-refractivity contribution in [1.82, 2.24) is 10.2 Å². The molecule has 5 nitrogen and oxygen atoms in total. The van der Waals surface area contributed by atoms with E-state index >= 15 is 0 Å². The van der Waals surface area contributed by atoms with Crippen LogP contribution in [0.25, 0.3) is 0 Å². The van der Waals surface area contributed by atoms with Crippen molar-refractivity contribution in [1.29, 1.82) is 0 Å². The molecule has 0 aliphatic heterocycles. The number of anilines is 1. The molecule has 1 fully saturated rings. The van der Waals surface area contributed by atoms with E-state index in [2.05, 4.69) is 22.4 Å². The summed E-state index contributed by atoms with van der Waals surface area (Å²) in [5.41, 5.74) is 0.585. The Kier molecular flexibility index (Phi) is 4.15. The molecule has 2 aromatic rings. The molecule has 1 N–H and O–H groups in total. The molecule has 1 saturated carbocycles. The van der Waals surface area contributed by atoms with Crippen molar-refractivity contribution in [2.24, 2.45) is 0 Å². The van der Waals surface area contributed by atoms with Gasteiger partial charge in [-0.2, -0.15) is 0 Å². The maximum Gasteiger partial charge on any atom is 0.257 e. The quantitative estimate of drug-likeness (QED) is 0.887. The molecule has 0 saturated heterocycles. The molecule has 0 spiro atoms. The first-order chi connectivity index (χ1) is 10.3. The monoisotopic (exact) mass is 303 g/mol. The maximum absolute atomic E-state index is 12.1. The molecular weight excluding hydrogens is 286 g/mol. The molecule has 1 aliphatic rings. The van der Waals surface area contributed by atoms with Gasteiger partial charge in [-0.15, -0.1) is 10.2 Å². The second kappa shape index (κ2) is 6.22. The Bertz CT molecular complexity index is 620. The average molecular weight is 303 g/mol. The number of rotatable bonds is 6. The summed E-state index contributed by atoms with van der Waals surface area (Å²) in [6.07, 6.45) is 3.33. The van der Waals surface area contributed by atoms with E-state index in [1.807, 2.05) is 0 Å². The summed E-state index contributed by atoms with van der Waals surface area (Å²) in [5, 5.41) is 12.5. The van der Waals surface area contributed by atoms with E-state index in [-0.39, 0.29) is 5.91 Å². The van der Waals surface area contributed by atoms with Gasteiger partial charge >= 0.3 is 0 Å². The van der Waals surface area contributed by atoms with Gasteiger partial charge in [0.1, 0.15) is 10.8 Å². The van der Waals surface area contributed by atoms with Gasteiger partial charge < -0.3 is 4.74 Å². The van der Waals surface area contributed by atoms with Crippen molar-refractivity contribution in [2.45, 2.75) is 32.1 Å². The summed E-state index contributed by atoms with van der Waals surface area (Å²) in [5.74, 6) is 1.17. The number of nitrogens with zero attached hydrogens (tertiary/aromatic N) is 2. The zero-order chi connectivity index (χ0) is 14.7. The Labute approximate surface area is 127 Å². The summed E-state index contributed by atoms with van der Waals surface area (Å²) in [6.45, 7) is 2.74. The van der Waals surface area contributed by atoms with Crippen molar-refractivity contribution in [3.63, 3.8) is 0 Å². The molecule has 1 amide bonds. The lowest BCUT2D eigenvalue weighted by Crippen LogP contribution is -2.11. The second-order valence-corrected chi connectivity index (χ2v) is 6.06. The zero-order valence-corrected chi connectivity index (χ0v) is 12.7. The first-order valence-corrected chi connectivity index (χ1v) is 7.95. The van der Waals surface area contributed by atoms with Crippen LogP contribution in [0.3, 0.4) is 0 Å². The Morgan fingerprint density at radius 3 is 2.76 bits per heavy atom. The van der Waals surface area contributed by atoms with Gasteiger partial charge in [0.05, 0.1) is 6.61 Å². The fraction of sp³-hybridized carbons (Fsp3) is 0.400. The summed E-state index contributed by atoms with van der Waals surface area (Å²) >= 11 is 1.46.